The molecule has 6 heteroatoms. The van der Waals surface area contributed by atoms with Gasteiger partial charge in [-0.25, -0.2) is 4.39 Å². The fraction of sp³-hybridized carbons (Fsp3) is 0.333. The number of likely N-dealkylation sites (tertiary alicyclic amines) is 1. The topological polar surface area (TPSA) is 61.4 Å². The first-order chi connectivity index (χ1) is 13.0. The number of hydrogen-bond donors (Lipinski definition) is 2. The molecule has 0 bridgehead atoms. The van der Waals surface area contributed by atoms with Crippen LogP contribution in [0.5, 0.6) is 0 Å². The number of nitrogens with zero attached hydrogens (tertiary/aromatic N) is 1. The van der Waals surface area contributed by atoms with Gasteiger partial charge in [0.05, 0.1) is 5.69 Å². The van der Waals surface area contributed by atoms with E-state index in [4.69, 9.17) is 0 Å². The first-order valence-corrected chi connectivity index (χ1v) is 9.21. The summed E-state index contributed by atoms with van der Waals surface area (Å²) in [6.45, 7) is 4.38. The van der Waals surface area contributed by atoms with Crippen LogP contribution >= 0.6 is 0 Å². The van der Waals surface area contributed by atoms with Crippen molar-refractivity contribution in [2.75, 3.05) is 23.7 Å². The van der Waals surface area contributed by atoms with Gasteiger partial charge in [0.1, 0.15) is 5.82 Å². The second-order valence-electron chi connectivity index (χ2n) is 6.87. The molecule has 5 nitrogen and oxygen atoms in total. The van der Waals surface area contributed by atoms with Crippen LogP contribution in [0.2, 0.25) is 0 Å². The molecule has 0 aliphatic carbocycles. The van der Waals surface area contributed by atoms with Crippen LogP contribution < -0.4 is 10.6 Å². The molecule has 2 N–H and O–H groups in total. The Morgan fingerprint density at radius 2 is 1.81 bits per heavy atom. The molecule has 0 spiro atoms. The highest BCUT2D eigenvalue weighted by Crippen LogP contribution is 2.19. The van der Waals surface area contributed by atoms with Crippen molar-refractivity contribution in [3.05, 3.63) is 59.4 Å². The molecule has 0 atom stereocenters. The van der Waals surface area contributed by atoms with Crippen LogP contribution in [0.3, 0.4) is 0 Å². The van der Waals surface area contributed by atoms with E-state index in [-0.39, 0.29) is 17.2 Å². The molecule has 27 heavy (non-hydrogen) atoms. The maximum Gasteiger partial charge on any atom is 0.255 e. The minimum absolute atomic E-state index is 0.00556. The Bertz CT molecular complexity index is 832. The van der Waals surface area contributed by atoms with Gasteiger partial charge in [0.15, 0.2) is 0 Å². The summed E-state index contributed by atoms with van der Waals surface area (Å²) < 4.78 is 13.7. The van der Waals surface area contributed by atoms with Gasteiger partial charge in [0.2, 0.25) is 5.91 Å². The number of rotatable bonds is 5. The largest absolute Gasteiger partial charge is 0.324 e. The number of halogens is 1. The molecule has 0 aromatic heterocycles. The number of carbonyl (C=O) groups is 2. The van der Waals surface area contributed by atoms with Crippen molar-refractivity contribution in [3.8, 4) is 0 Å². The second-order valence-corrected chi connectivity index (χ2v) is 6.87. The molecular weight excluding hydrogens is 345 g/mol. The number of nitrogens with one attached hydrogen (secondary N) is 2. The van der Waals surface area contributed by atoms with Crippen molar-refractivity contribution < 1.29 is 14.0 Å². The molecule has 3 rings (SSSR count). The Kier molecular flexibility index (Phi) is 6.19. The summed E-state index contributed by atoms with van der Waals surface area (Å²) in [5.74, 6) is -1.32. The number of hydrogen-bond acceptors (Lipinski definition) is 3. The van der Waals surface area contributed by atoms with Gasteiger partial charge in [-0.15, -0.1) is 0 Å². The van der Waals surface area contributed by atoms with Gasteiger partial charge in [0, 0.05) is 24.7 Å². The first-order valence-electron chi connectivity index (χ1n) is 9.21. The van der Waals surface area contributed by atoms with E-state index in [0.29, 0.717) is 5.69 Å². The second kappa shape index (κ2) is 8.77. The van der Waals surface area contributed by atoms with Crippen LogP contribution in [0.25, 0.3) is 0 Å². The average Bonchev–Trinajstić information content (AvgIpc) is 2.64. The molecule has 0 saturated carbocycles. The SMILES string of the molecule is CC(=O)Nc1cc(C(=O)Nc2cccc(CN3CCCCC3)c2)ccc1F. The molecule has 1 aliphatic heterocycles. The predicted molar refractivity (Wildman–Crippen MR) is 104 cm³/mol. The monoisotopic (exact) mass is 369 g/mol. The Hall–Kier alpha value is -2.73. The molecule has 1 aliphatic rings. The third-order valence-corrected chi connectivity index (χ3v) is 4.58. The van der Waals surface area contributed by atoms with E-state index in [1.165, 1.54) is 44.4 Å². The fourth-order valence-electron chi connectivity index (χ4n) is 3.28. The molecule has 0 unspecified atom stereocenters. The summed E-state index contributed by atoms with van der Waals surface area (Å²) in [6, 6.07) is 11.7. The molecule has 2 aromatic rings. The lowest BCUT2D eigenvalue weighted by atomic mass is 10.1. The standard InChI is InChI=1S/C21H24FN3O2/c1-15(26)23-20-13-17(8-9-19(20)22)21(27)24-18-7-5-6-16(12-18)14-25-10-3-2-4-11-25/h5-9,12-13H,2-4,10-11,14H2,1H3,(H,23,26)(H,24,27). The summed E-state index contributed by atoms with van der Waals surface area (Å²) in [6.07, 6.45) is 3.76. The lowest BCUT2D eigenvalue weighted by Gasteiger charge is -2.26. The van der Waals surface area contributed by atoms with Crippen LogP contribution in [-0.2, 0) is 11.3 Å². The van der Waals surface area contributed by atoms with Crippen LogP contribution in [0.4, 0.5) is 15.8 Å². The van der Waals surface area contributed by atoms with Crippen molar-refractivity contribution >= 4 is 23.2 Å². The highest BCUT2D eigenvalue weighted by molar-refractivity contribution is 6.05. The van der Waals surface area contributed by atoms with Gasteiger partial charge >= 0.3 is 0 Å². The predicted octanol–water partition coefficient (Wildman–Crippen LogP) is 4.02. The van der Waals surface area contributed by atoms with E-state index in [2.05, 4.69) is 21.6 Å². The van der Waals surface area contributed by atoms with Crippen molar-refractivity contribution in [2.45, 2.75) is 32.7 Å². The third-order valence-electron chi connectivity index (χ3n) is 4.58. The van der Waals surface area contributed by atoms with Crippen LogP contribution in [0, 0.1) is 5.82 Å². The normalized spacial score (nSPS) is 14.6. The van der Waals surface area contributed by atoms with Crippen molar-refractivity contribution in [2.24, 2.45) is 0 Å². The molecule has 0 radical (unpaired) electrons. The zero-order valence-corrected chi connectivity index (χ0v) is 15.4. The smallest absolute Gasteiger partial charge is 0.255 e. The zero-order valence-electron chi connectivity index (χ0n) is 15.4. The van der Waals surface area contributed by atoms with E-state index in [1.54, 1.807) is 0 Å². The van der Waals surface area contributed by atoms with E-state index in [9.17, 15) is 14.0 Å². The minimum atomic E-state index is -0.578. The highest BCUT2D eigenvalue weighted by Gasteiger charge is 2.13. The van der Waals surface area contributed by atoms with Crippen LogP contribution in [-0.4, -0.2) is 29.8 Å². The molecule has 1 heterocycles. The summed E-state index contributed by atoms with van der Waals surface area (Å²) in [7, 11) is 0. The van der Waals surface area contributed by atoms with Gasteiger partial charge in [-0.1, -0.05) is 18.6 Å². The molecular formula is C21H24FN3O2. The number of carbonyl (C=O) groups excluding carboxylic acids is 2. The molecule has 1 saturated heterocycles. The third kappa shape index (κ3) is 5.37. The zero-order chi connectivity index (χ0) is 19.2. The van der Waals surface area contributed by atoms with Gasteiger partial charge < -0.3 is 10.6 Å². The molecule has 2 amide bonds. The Morgan fingerprint density at radius 1 is 1.04 bits per heavy atom. The van der Waals surface area contributed by atoms with Gasteiger partial charge in [-0.05, 0) is 61.8 Å². The lowest BCUT2D eigenvalue weighted by molar-refractivity contribution is -0.114. The number of anilines is 2. The van der Waals surface area contributed by atoms with Crippen molar-refractivity contribution in [3.63, 3.8) is 0 Å². The molecule has 1 fully saturated rings. The quantitative estimate of drug-likeness (QED) is 0.837. The van der Waals surface area contributed by atoms with Gasteiger partial charge in [-0.2, -0.15) is 0 Å². The molecule has 142 valence electrons. The summed E-state index contributed by atoms with van der Waals surface area (Å²) in [5.41, 5.74) is 2.11. The Balaban J connectivity index is 1.68. The minimum Gasteiger partial charge on any atom is -0.324 e. The summed E-state index contributed by atoms with van der Waals surface area (Å²) >= 11 is 0. The Labute approximate surface area is 158 Å². The Morgan fingerprint density at radius 3 is 2.56 bits per heavy atom. The van der Waals surface area contributed by atoms with Crippen molar-refractivity contribution in [1.29, 1.82) is 0 Å². The van der Waals surface area contributed by atoms with Crippen LogP contribution in [0.15, 0.2) is 42.5 Å². The maximum absolute atomic E-state index is 13.7. The maximum atomic E-state index is 13.7. The average molecular weight is 369 g/mol. The lowest BCUT2D eigenvalue weighted by Crippen LogP contribution is -2.29. The van der Waals surface area contributed by atoms with E-state index in [0.717, 1.165) is 25.2 Å². The first kappa shape index (κ1) is 19.0. The number of piperidine rings is 1. The summed E-state index contributed by atoms with van der Waals surface area (Å²) in [5, 5.41) is 5.23. The molecule has 2 aromatic carbocycles. The summed E-state index contributed by atoms with van der Waals surface area (Å²) in [4.78, 5) is 26.1. The number of benzene rings is 2. The van der Waals surface area contributed by atoms with E-state index >= 15 is 0 Å². The van der Waals surface area contributed by atoms with Gasteiger partial charge in [0.25, 0.3) is 5.91 Å². The fourth-order valence-corrected chi connectivity index (χ4v) is 3.28. The van der Waals surface area contributed by atoms with Gasteiger partial charge in [-0.3, -0.25) is 14.5 Å². The number of amides is 2. The van der Waals surface area contributed by atoms with E-state index in [1.807, 2.05) is 18.2 Å². The van der Waals surface area contributed by atoms with Crippen molar-refractivity contribution in [1.82, 2.24) is 4.90 Å². The van der Waals surface area contributed by atoms with E-state index < -0.39 is 11.7 Å². The highest BCUT2D eigenvalue weighted by atomic mass is 19.1. The van der Waals surface area contributed by atoms with Crippen LogP contribution in [0.1, 0.15) is 42.1 Å².